The van der Waals surface area contributed by atoms with Crippen molar-refractivity contribution in [3.8, 4) is 0 Å². The minimum atomic E-state index is -4.56. The number of carbonyl (C=O) groups is 2. The van der Waals surface area contributed by atoms with Gasteiger partial charge in [-0.15, -0.1) is 0 Å². The molecule has 35 heavy (non-hydrogen) atoms. The molecule has 0 saturated heterocycles. The van der Waals surface area contributed by atoms with Gasteiger partial charge in [0.15, 0.2) is 5.78 Å². The number of nitrogens with two attached hydrogens (primary N) is 1. The van der Waals surface area contributed by atoms with Crippen molar-refractivity contribution in [1.82, 2.24) is 29.3 Å². The molecule has 0 bridgehead atoms. The van der Waals surface area contributed by atoms with E-state index in [1.54, 1.807) is 6.20 Å². The van der Waals surface area contributed by atoms with Crippen LogP contribution in [0.25, 0.3) is 11.0 Å². The first-order chi connectivity index (χ1) is 16.3. The molecule has 0 aliphatic carbocycles. The number of carbonyl (C=O) groups excluding carboxylic acids is 2. The molecule has 0 saturated carbocycles. The number of fused-ring (bicyclic) bond motifs is 1. The zero-order valence-corrected chi connectivity index (χ0v) is 19.0. The van der Waals surface area contributed by atoms with E-state index in [1.807, 2.05) is 25.3 Å². The lowest BCUT2D eigenvalue weighted by Gasteiger charge is -2.21. The first-order valence-electron chi connectivity index (χ1n) is 10.4. The summed E-state index contributed by atoms with van der Waals surface area (Å²) in [6.07, 6.45) is 2.63. The molecule has 3 N–H and O–H groups in total. The maximum Gasteiger partial charge on any atom is 0.419 e. The van der Waals surface area contributed by atoms with Gasteiger partial charge in [-0.25, -0.2) is 4.98 Å². The fourth-order valence-electron chi connectivity index (χ4n) is 3.44. The molecule has 10 nitrogen and oxygen atoms in total. The van der Waals surface area contributed by atoms with Gasteiger partial charge in [-0.3, -0.25) is 19.3 Å². The third-order valence-corrected chi connectivity index (χ3v) is 5.08. The zero-order chi connectivity index (χ0) is 25.5. The fraction of sp³-hybridized carbons (Fsp3) is 0.273. The van der Waals surface area contributed by atoms with Crippen LogP contribution in [0.3, 0.4) is 0 Å². The maximum atomic E-state index is 13.3. The van der Waals surface area contributed by atoms with Crippen LogP contribution < -0.4 is 11.1 Å². The molecule has 0 atom stereocenters. The number of ketones is 1. The molecular weight excluding hydrogens is 465 g/mol. The Hall–Kier alpha value is -4.29. The van der Waals surface area contributed by atoms with E-state index < -0.39 is 29.7 Å². The SMILES string of the molecule is CC(C)(C)n1cc(C(=O)c2cncc(NC(=O)Cn3cc(C(F)(F)F)cn3)c2)c2cnc(N)nc21. The van der Waals surface area contributed by atoms with Gasteiger partial charge in [0, 0.05) is 41.3 Å². The van der Waals surface area contributed by atoms with Crippen molar-refractivity contribution < 1.29 is 22.8 Å². The summed E-state index contributed by atoms with van der Waals surface area (Å²) in [4.78, 5) is 37.9. The number of amides is 1. The molecule has 182 valence electrons. The highest BCUT2D eigenvalue weighted by Crippen LogP contribution is 2.29. The minimum absolute atomic E-state index is 0.0750. The van der Waals surface area contributed by atoms with E-state index in [1.165, 1.54) is 24.7 Å². The van der Waals surface area contributed by atoms with Crippen LogP contribution in [0.5, 0.6) is 0 Å². The number of alkyl halides is 3. The lowest BCUT2D eigenvalue weighted by Crippen LogP contribution is -2.21. The Morgan fingerprint density at radius 3 is 2.49 bits per heavy atom. The van der Waals surface area contributed by atoms with Crippen LogP contribution in [-0.4, -0.2) is 41.0 Å². The molecule has 0 fully saturated rings. The Morgan fingerprint density at radius 1 is 1.09 bits per heavy atom. The molecule has 0 aliphatic heterocycles. The zero-order valence-electron chi connectivity index (χ0n) is 19.0. The van der Waals surface area contributed by atoms with E-state index in [4.69, 9.17) is 5.73 Å². The van der Waals surface area contributed by atoms with Gasteiger partial charge in [0.1, 0.15) is 12.2 Å². The molecule has 4 aromatic rings. The Bertz CT molecular complexity index is 1430. The van der Waals surface area contributed by atoms with Crippen molar-refractivity contribution in [3.63, 3.8) is 0 Å². The molecule has 1 amide bonds. The summed E-state index contributed by atoms with van der Waals surface area (Å²) in [5.41, 5.74) is 5.60. The van der Waals surface area contributed by atoms with E-state index in [0.29, 0.717) is 22.8 Å². The van der Waals surface area contributed by atoms with Crippen LogP contribution in [0, 0.1) is 0 Å². The summed E-state index contributed by atoms with van der Waals surface area (Å²) >= 11 is 0. The molecule has 13 heteroatoms. The van der Waals surface area contributed by atoms with Crippen molar-refractivity contribution >= 4 is 34.4 Å². The summed E-state index contributed by atoms with van der Waals surface area (Å²) in [5.74, 6) is -0.940. The van der Waals surface area contributed by atoms with Crippen molar-refractivity contribution in [2.75, 3.05) is 11.1 Å². The number of anilines is 2. The average Bonchev–Trinajstić information content (AvgIpc) is 3.37. The maximum absolute atomic E-state index is 13.3. The van der Waals surface area contributed by atoms with E-state index in [0.717, 1.165) is 10.9 Å². The molecule has 0 aliphatic rings. The van der Waals surface area contributed by atoms with Crippen LogP contribution in [0.2, 0.25) is 0 Å². The summed E-state index contributed by atoms with van der Waals surface area (Å²) in [6.45, 7) is 5.40. The normalized spacial score (nSPS) is 12.2. The Morgan fingerprint density at radius 2 is 1.83 bits per heavy atom. The van der Waals surface area contributed by atoms with Gasteiger partial charge in [0.2, 0.25) is 11.9 Å². The number of nitrogens with zero attached hydrogens (tertiary/aromatic N) is 6. The van der Waals surface area contributed by atoms with Crippen molar-refractivity contribution in [2.45, 2.75) is 39.0 Å². The van der Waals surface area contributed by atoms with Gasteiger partial charge in [-0.05, 0) is 26.8 Å². The van der Waals surface area contributed by atoms with Crippen molar-refractivity contribution in [2.24, 2.45) is 0 Å². The number of nitrogen functional groups attached to an aromatic ring is 1. The van der Waals surface area contributed by atoms with Gasteiger partial charge in [-0.1, -0.05) is 0 Å². The average molecular weight is 486 g/mol. The molecule has 0 unspecified atom stereocenters. The van der Waals surface area contributed by atoms with E-state index in [9.17, 15) is 22.8 Å². The molecule has 4 rings (SSSR count). The predicted octanol–water partition coefficient (Wildman–Crippen LogP) is 3.25. The number of nitrogens with one attached hydrogen (secondary N) is 1. The Labute approximate surface area is 197 Å². The number of rotatable bonds is 5. The lowest BCUT2D eigenvalue weighted by atomic mass is 10.1. The lowest BCUT2D eigenvalue weighted by molar-refractivity contribution is -0.137. The Kier molecular flexibility index (Phi) is 5.79. The van der Waals surface area contributed by atoms with E-state index in [2.05, 4.69) is 25.4 Å². The number of halogens is 3. The molecule has 0 spiro atoms. The third-order valence-electron chi connectivity index (χ3n) is 5.08. The smallest absolute Gasteiger partial charge is 0.368 e. The number of pyridine rings is 1. The number of hydrogen-bond acceptors (Lipinski definition) is 7. The second-order valence-electron chi connectivity index (χ2n) is 8.81. The van der Waals surface area contributed by atoms with Gasteiger partial charge >= 0.3 is 6.18 Å². The standard InChI is InChI=1S/C22H21F3N8O2/c1-21(2,3)33-10-16(15-8-28-20(26)31-19(15)33)18(35)12-4-14(7-27-5-12)30-17(34)11-32-9-13(6-29-32)22(23,24)25/h4-10H,11H2,1-3H3,(H,30,34)(H2,26,28,31). The summed E-state index contributed by atoms with van der Waals surface area (Å²) < 4.78 is 40.9. The number of hydrogen-bond donors (Lipinski definition) is 2. The van der Waals surface area contributed by atoms with Crippen LogP contribution in [-0.2, 0) is 23.1 Å². The van der Waals surface area contributed by atoms with Crippen LogP contribution in [0.1, 0.15) is 42.3 Å². The van der Waals surface area contributed by atoms with Crippen LogP contribution in [0.15, 0.2) is 43.2 Å². The summed E-state index contributed by atoms with van der Waals surface area (Å²) in [5, 5.41) is 6.57. The molecule has 0 aromatic carbocycles. The topological polar surface area (TPSA) is 134 Å². The van der Waals surface area contributed by atoms with Gasteiger partial charge in [0.25, 0.3) is 0 Å². The molecule has 0 radical (unpaired) electrons. The van der Waals surface area contributed by atoms with Gasteiger partial charge in [-0.2, -0.15) is 23.3 Å². The summed E-state index contributed by atoms with van der Waals surface area (Å²) in [6, 6.07) is 1.43. The van der Waals surface area contributed by atoms with Crippen molar-refractivity contribution in [1.29, 1.82) is 0 Å². The molecule has 4 heterocycles. The first-order valence-corrected chi connectivity index (χ1v) is 10.4. The molecule has 4 aromatic heterocycles. The second-order valence-corrected chi connectivity index (χ2v) is 8.81. The Balaban J connectivity index is 1.57. The van der Waals surface area contributed by atoms with Gasteiger partial charge < -0.3 is 15.6 Å². The van der Waals surface area contributed by atoms with Crippen molar-refractivity contribution in [3.05, 3.63) is 59.9 Å². The predicted molar refractivity (Wildman–Crippen MR) is 120 cm³/mol. The summed E-state index contributed by atoms with van der Waals surface area (Å²) in [7, 11) is 0. The monoisotopic (exact) mass is 486 g/mol. The van der Waals surface area contributed by atoms with Crippen LogP contribution >= 0.6 is 0 Å². The third kappa shape index (κ3) is 4.98. The number of aromatic nitrogens is 6. The second kappa shape index (κ2) is 8.49. The highest BCUT2D eigenvalue weighted by molar-refractivity contribution is 6.16. The molecular formula is C22H21F3N8O2. The largest absolute Gasteiger partial charge is 0.419 e. The highest BCUT2D eigenvalue weighted by atomic mass is 19.4. The minimum Gasteiger partial charge on any atom is -0.368 e. The first kappa shape index (κ1) is 23.9. The van der Waals surface area contributed by atoms with Gasteiger partial charge in [0.05, 0.1) is 29.2 Å². The van der Waals surface area contributed by atoms with Crippen LogP contribution in [0.4, 0.5) is 24.8 Å². The fourth-order valence-corrected chi connectivity index (χ4v) is 3.44. The quantitative estimate of drug-likeness (QED) is 0.414. The highest BCUT2D eigenvalue weighted by Gasteiger charge is 2.32. The van der Waals surface area contributed by atoms with E-state index in [-0.39, 0.29) is 23.0 Å². The van der Waals surface area contributed by atoms with E-state index >= 15 is 0 Å².